The maximum atomic E-state index is 13.4. The summed E-state index contributed by atoms with van der Waals surface area (Å²) in [5.41, 5.74) is 1.39. The van der Waals surface area contributed by atoms with Gasteiger partial charge in [0.25, 0.3) is 0 Å². The number of quaternary nitrogens is 1. The first-order valence-electron chi connectivity index (χ1n) is 8.41. The van der Waals surface area contributed by atoms with Gasteiger partial charge in [-0.15, -0.1) is 0 Å². The summed E-state index contributed by atoms with van der Waals surface area (Å²) in [6, 6.07) is 8.42. The van der Waals surface area contributed by atoms with Crippen molar-refractivity contribution in [2.24, 2.45) is 0 Å². The van der Waals surface area contributed by atoms with Gasteiger partial charge in [0.2, 0.25) is 0 Å². The number of benzene rings is 1. The number of hydrogen-bond donors (Lipinski definition) is 0. The Bertz CT molecular complexity index is 472. The second kappa shape index (κ2) is 5.91. The number of piperidine rings is 1. The summed E-state index contributed by atoms with van der Waals surface area (Å²) >= 11 is 6.05. The summed E-state index contributed by atoms with van der Waals surface area (Å²) in [7, 11) is 0. The predicted molar refractivity (Wildman–Crippen MR) is 88.3 cm³/mol. The van der Waals surface area contributed by atoms with Gasteiger partial charge in [0.1, 0.15) is 0 Å². The molecule has 1 aliphatic heterocycles. The zero-order valence-corrected chi connectivity index (χ0v) is 13.7. The first-order valence-corrected chi connectivity index (χ1v) is 8.78. The van der Waals surface area contributed by atoms with Crippen molar-refractivity contribution in [3.63, 3.8) is 0 Å². The third-order valence-corrected chi connectivity index (χ3v) is 6.25. The molecule has 0 bridgehead atoms. The van der Waals surface area contributed by atoms with E-state index >= 15 is 0 Å². The molecule has 3 heteroatoms. The van der Waals surface area contributed by atoms with E-state index in [2.05, 4.69) is 19.1 Å². The zero-order chi connectivity index (χ0) is 14.9. The molecule has 1 heterocycles. The SMILES string of the molecule is CC(C1(c2ccc(Cl)cc2)CCCC1)[N+]1([O-])CCCCC1. The highest BCUT2D eigenvalue weighted by molar-refractivity contribution is 6.30. The molecule has 1 aromatic rings. The lowest BCUT2D eigenvalue weighted by molar-refractivity contribution is -0.913. The van der Waals surface area contributed by atoms with Crippen molar-refractivity contribution < 1.29 is 4.65 Å². The summed E-state index contributed by atoms with van der Waals surface area (Å²) in [6.07, 6.45) is 8.19. The van der Waals surface area contributed by atoms with Crippen LogP contribution in [0.4, 0.5) is 0 Å². The van der Waals surface area contributed by atoms with Crippen molar-refractivity contribution in [1.82, 2.24) is 0 Å². The average molecular weight is 308 g/mol. The van der Waals surface area contributed by atoms with Crippen LogP contribution < -0.4 is 0 Å². The van der Waals surface area contributed by atoms with Gasteiger partial charge in [-0.25, -0.2) is 0 Å². The molecule has 2 fully saturated rings. The maximum absolute atomic E-state index is 13.4. The van der Waals surface area contributed by atoms with E-state index in [0.29, 0.717) is 0 Å². The minimum absolute atomic E-state index is 0.0165. The topological polar surface area (TPSA) is 23.1 Å². The molecule has 3 rings (SSSR count). The third-order valence-electron chi connectivity index (χ3n) is 5.99. The number of likely N-dealkylation sites (tertiary alicyclic amines) is 1. The lowest BCUT2D eigenvalue weighted by Crippen LogP contribution is -2.60. The number of rotatable bonds is 3. The summed E-state index contributed by atoms with van der Waals surface area (Å²) in [4.78, 5) is 0. The molecule has 21 heavy (non-hydrogen) atoms. The molecule has 0 radical (unpaired) electrons. The van der Waals surface area contributed by atoms with E-state index in [-0.39, 0.29) is 16.1 Å². The summed E-state index contributed by atoms with van der Waals surface area (Å²) in [6.45, 7) is 3.81. The molecule has 116 valence electrons. The summed E-state index contributed by atoms with van der Waals surface area (Å²) in [5, 5.41) is 14.1. The van der Waals surface area contributed by atoms with Gasteiger partial charge < -0.3 is 9.85 Å². The minimum Gasteiger partial charge on any atom is -0.633 e. The van der Waals surface area contributed by atoms with Crippen LogP contribution in [0.15, 0.2) is 24.3 Å². The molecule has 1 saturated carbocycles. The summed E-state index contributed by atoms with van der Waals surface area (Å²) < 4.78 is 0.0165. The molecule has 1 aromatic carbocycles. The van der Waals surface area contributed by atoms with Crippen LogP contribution in [-0.2, 0) is 5.41 Å². The second-order valence-electron chi connectivity index (χ2n) is 7.01. The van der Waals surface area contributed by atoms with E-state index in [1.807, 2.05) is 12.1 Å². The van der Waals surface area contributed by atoms with Crippen LogP contribution in [0.25, 0.3) is 0 Å². The standard InChI is InChI=1S/C18H26ClNO/c1-15(20(21)13-5-2-6-14-20)18(11-3-4-12-18)16-7-9-17(19)10-8-16/h7-10,15H,2-6,11-14H2,1H3. The number of halogens is 1. The van der Waals surface area contributed by atoms with Crippen molar-refractivity contribution in [2.45, 2.75) is 63.3 Å². The van der Waals surface area contributed by atoms with Crippen molar-refractivity contribution in [2.75, 3.05) is 13.1 Å². The van der Waals surface area contributed by atoms with Gasteiger partial charge in [0.15, 0.2) is 0 Å². The van der Waals surface area contributed by atoms with E-state index in [4.69, 9.17) is 11.6 Å². The normalized spacial score (nSPS) is 25.7. The van der Waals surface area contributed by atoms with Crippen molar-refractivity contribution >= 4 is 11.6 Å². The average Bonchev–Trinajstić information content (AvgIpc) is 2.98. The highest BCUT2D eigenvalue weighted by atomic mass is 35.5. The highest BCUT2D eigenvalue weighted by Crippen LogP contribution is 2.48. The highest BCUT2D eigenvalue weighted by Gasteiger charge is 2.48. The Morgan fingerprint density at radius 1 is 1.00 bits per heavy atom. The van der Waals surface area contributed by atoms with Crippen molar-refractivity contribution in [3.05, 3.63) is 40.1 Å². The van der Waals surface area contributed by atoms with Crippen LogP contribution in [-0.4, -0.2) is 23.8 Å². The molecule has 0 aromatic heterocycles. The molecule has 1 saturated heterocycles. The van der Waals surface area contributed by atoms with Gasteiger partial charge >= 0.3 is 0 Å². The van der Waals surface area contributed by atoms with Gasteiger partial charge in [0, 0.05) is 10.4 Å². The molecule has 1 aliphatic carbocycles. The van der Waals surface area contributed by atoms with E-state index in [1.165, 1.54) is 24.8 Å². The van der Waals surface area contributed by atoms with Crippen LogP contribution in [0, 0.1) is 5.21 Å². The number of hydroxylamine groups is 3. The second-order valence-corrected chi connectivity index (χ2v) is 7.44. The quantitative estimate of drug-likeness (QED) is 0.567. The van der Waals surface area contributed by atoms with Crippen molar-refractivity contribution in [3.8, 4) is 0 Å². The van der Waals surface area contributed by atoms with Crippen LogP contribution in [0.2, 0.25) is 5.02 Å². The van der Waals surface area contributed by atoms with Crippen LogP contribution in [0.5, 0.6) is 0 Å². The molecular formula is C18H26ClNO. The molecule has 2 nitrogen and oxygen atoms in total. The fourth-order valence-corrected chi connectivity index (χ4v) is 4.75. The number of hydrogen-bond acceptors (Lipinski definition) is 1. The molecule has 1 atom stereocenters. The van der Waals surface area contributed by atoms with Gasteiger partial charge in [-0.05, 0) is 56.7 Å². The molecule has 0 spiro atoms. The van der Waals surface area contributed by atoms with Gasteiger partial charge in [0.05, 0.1) is 19.1 Å². The fourth-order valence-electron chi connectivity index (χ4n) is 4.62. The van der Waals surface area contributed by atoms with E-state index < -0.39 is 0 Å². The Morgan fingerprint density at radius 3 is 2.14 bits per heavy atom. The van der Waals surface area contributed by atoms with Gasteiger partial charge in [-0.1, -0.05) is 36.6 Å². The Kier molecular flexibility index (Phi) is 4.31. The maximum Gasteiger partial charge on any atom is 0.0956 e. The van der Waals surface area contributed by atoms with E-state index in [9.17, 15) is 5.21 Å². The lowest BCUT2D eigenvalue weighted by atomic mass is 9.72. The zero-order valence-electron chi connectivity index (χ0n) is 13.0. The van der Waals surface area contributed by atoms with E-state index in [1.54, 1.807) is 0 Å². The molecule has 1 unspecified atom stereocenters. The van der Waals surface area contributed by atoms with Gasteiger partial charge in [-0.2, -0.15) is 0 Å². The van der Waals surface area contributed by atoms with E-state index in [0.717, 1.165) is 43.8 Å². The predicted octanol–water partition coefficient (Wildman–Crippen LogP) is 5.04. The lowest BCUT2D eigenvalue weighted by Gasteiger charge is -2.55. The van der Waals surface area contributed by atoms with Crippen LogP contribution in [0.3, 0.4) is 0 Å². The van der Waals surface area contributed by atoms with Gasteiger partial charge in [-0.3, -0.25) is 0 Å². The molecular weight excluding hydrogens is 282 g/mol. The Labute approximate surface area is 133 Å². The molecule has 2 aliphatic rings. The Balaban J connectivity index is 1.94. The first kappa shape index (κ1) is 15.3. The van der Waals surface area contributed by atoms with Crippen LogP contribution >= 0.6 is 11.6 Å². The third kappa shape index (κ3) is 2.74. The largest absolute Gasteiger partial charge is 0.633 e. The molecule has 0 N–H and O–H groups in total. The first-order chi connectivity index (χ1) is 10.1. The Morgan fingerprint density at radius 2 is 1.57 bits per heavy atom. The number of nitrogens with zero attached hydrogens (tertiary/aromatic N) is 1. The minimum atomic E-state index is 0.0165. The Hall–Kier alpha value is -0.570. The fraction of sp³-hybridized carbons (Fsp3) is 0.667. The smallest absolute Gasteiger partial charge is 0.0956 e. The van der Waals surface area contributed by atoms with Crippen LogP contribution in [0.1, 0.15) is 57.4 Å². The van der Waals surface area contributed by atoms with Crippen molar-refractivity contribution in [1.29, 1.82) is 0 Å². The molecule has 0 amide bonds. The summed E-state index contributed by atoms with van der Waals surface area (Å²) in [5.74, 6) is 0. The monoisotopic (exact) mass is 307 g/mol.